The Morgan fingerprint density at radius 3 is 1.60 bits per heavy atom. The molecule has 3 heterocycles. The van der Waals surface area contributed by atoms with E-state index < -0.39 is 125 Å². The molecule has 0 spiro atoms. The molecule has 4 aromatic rings. The minimum absolute atomic E-state index is 0.00644. The maximum atomic E-state index is 12.2. The third-order valence-electron chi connectivity index (χ3n) is 10.1. The number of rotatable bonds is 5. The summed E-state index contributed by atoms with van der Waals surface area (Å²) in [5, 5.41) is 151. The van der Waals surface area contributed by atoms with Crippen molar-refractivity contribution in [1.29, 1.82) is 0 Å². The van der Waals surface area contributed by atoms with Crippen LogP contribution in [0.25, 0.3) is 0 Å². The molecule has 0 aliphatic carbocycles. The third kappa shape index (κ3) is 5.78. The average Bonchev–Trinajstić information content (AvgIpc) is 3.11. The van der Waals surface area contributed by atoms with Crippen LogP contribution in [0.5, 0.6) is 57.5 Å². The number of hydrogen-bond donors (Lipinski definition) is 14. The van der Waals surface area contributed by atoms with Crippen LogP contribution in [0.3, 0.4) is 0 Å². The van der Waals surface area contributed by atoms with E-state index in [1.54, 1.807) is 0 Å². The van der Waals surface area contributed by atoms with Crippen molar-refractivity contribution in [2.45, 2.75) is 67.3 Å². The molecule has 282 valence electrons. The van der Waals surface area contributed by atoms with Crippen molar-refractivity contribution in [3.8, 4) is 57.5 Å². The summed E-state index contributed by atoms with van der Waals surface area (Å²) in [4.78, 5) is 0. The fourth-order valence-corrected chi connectivity index (χ4v) is 7.40. The lowest BCUT2D eigenvalue weighted by Gasteiger charge is -2.44. The molecule has 0 bridgehead atoms. The van der Waals surface area contributed by atoms with Gasteiger partial charge in [-0.2, -0.15) is 0 Å². The summed E-state index contributed by atoms with van der Waals surface area (Å²) in [7, 11) is 0. The van der Waals surface area contributed by atoms with Gasteiger partial charge in [0.25, 0.3) is 0 Å². The number of hydrogen-bond acceptors (Lipinski definition) is 17. The Morgan fingerprint density at radius 1 is 0.491 bits per heavy atom. The molecule has 17 nitrogen and oxygen atoms in total. The molecule has 1 fully saturated rings. The predicted octanol–water partition coefficient (Wildman–Crippen LogP) is 0.510. The summed E-state index contributed by atoms with van der Waals surface area (Å²) in [5.74, 6) is -7.29. The van der Waals surface area contributed by atoms with Gasteiger partial charge in [-0.3, -0.25) is 0 Å². The first-order valence-corrected chi connectivity index (χ1v) is 16.3. The number of aliphatic hydroxyl groups excluding tert-OH is 6. The van der Waals surface area contributed by atoms with Crippen molar-refractivity contribution in [2.24, 2.45) is 0 Å². The predicted molar refractivity (Wildman–Crippen MR) is 176 cm³/mol. The summed E-state index contributed by atoms with van der Waals surface area (Å²) in [6, 6.07) is 8.76. The molecule has 14 N–H and O–H groups in total. The van der Waals surface area contributed by atoms with Gasteiger partial charge < -0.3 is 85.7 Å². The molecule has 4 aromatic carbocycles. The van der Waals surface area contributed by atoms with E-state index in [1.807, 2.05) is 0 Å². The quantitative estimate of drug-likeness (QED) is 0.124. The van der Waals surface area contributed by atoms with Gasteiger partial charge in [-0.15, -0.1) is 0 Å². The second-order valence-electron chi connectivity index (χ2n) is 13.3. The molecule has 53 heavy (non-hydrogen) atoms. The van der Waals surface area contributed by atoms with Crippen molar-refractivity contribution < 1.29 is 85.7 Å². The Labute approximate surface area is 298 Å². The van der Waals surface area contributed by atoms with Gasteiger partial charge in [-0.1, -0.05) is 12.1 Å². The van der Waals surface area contributed by atoms with Gasteiger partial charge in [0.15, 0.2) is 29.1 Å². The zero-order valence-corrected chi connectivity index (χ0v) is 27.3. The highest BCUT2D eigenvalue weighted by Gasteiger charge is 2.51. The lowest BCUT2D eigenvalue weighted by atomic mass is 9.76. The van der Waals surface area contributed by atoms with Crippen LogP contribution in [-0.4, -0.2) is 115 Å². The average molecular weight is 741 g/mol. The summed E-state index contributed by atoms with van der Waals surface area (Å²) in [5.41, 5.74) is -0.944. The number of fused-ring (bicyclic) bond motifs is 2. The third-order valence-corrected chi connectivity index (χ3v) is 10.1. The van der Waals surface area contributed by atoms with E-state index in [2.05, 4.69) is 0 Å². The number of benzene rings is 4. The Morgan fingerprint density at radius 2 is 1.02 bits per heavy atom. The van der Waals surface area contributed by atoms with Gasteiger partial charge in [0.2, 0.25) is 0 Å². The Bertz CT molecular complexity index is 2070. The van der Waals surface area contributed by atoms with E-state index in [0.29, 0.717) is 0 Å². The van der Waals surface area contributed by atoms with Gasteiger partial charge >= 0.3 is 0 Å². The maximum absolute atomic E-state index is 12.2. The van der Waals surface area contributed by atoms with Gasteiger partial charge in [0.05, 0.1) is 24.2 Å². The normalized spacial score (nSPS) is 29.4. The molecule has 3 aliphatic rings. The second-order valence-corrected chi connectivity index (χ2v) is 13.3. The Balaban J connectivity index is 1.48. The van der Waals surface area contributed by atoms with Crippen molar-refractivity contribution in [3.63, 3.8) is 0 Å². The van der Waals surface area contributed by atoms with Crippen molar-refractivity contribution in [3.05, 3.63) is 81.9 Å². The molecule has 7 rings (SSSR count). The Kier molecular flexibility index (Phi) is 8.98. The first-order valence-electron chi connectivity index (χ1n) is 16.3. The van der Waals surface area contributed by atoms with E-state index in [0.717, 1.165) is 36.4 Å². The number of aromatic hydroxyl groups is 8. The zero-order valence-electron chi connectivity index (χ0n) is 27.3. The van der Waals surface area contributed by atoms with Crippen LogP contribution in [0.15, 0.2) is 48.5 Å². The summed E-state index contributed by atoms with van der Waals surface area (Å²) in [6.45, 7) is -0.837. The molecule has 0 aromatic heterocycles. The monoisotopic (exact) mass is 740 g/mol. The van der Waals surface area contributed by atoms with Crippen LogP contribution in [0.4, 0.5) is 0 Å². The van der Waals surface area contributed by atoms with Crippen LogP contribution in [0.2, 0.25) is 0 Å². The van der Waals surface area contributed by atoms with E-state index in [4.69, 9.17) is 14.2 Å². The summed E-state index contributed by atoms with van der Waals surface area (Å²) >= 11 is 0. The van der Waals surface area contributed by atoms with Crippen molar-refractivity contribution in [2.75, 3.05) is 6.61 Å². The minimum atomic E-state index is -1.97. The molecule has 3 aliphatic heterocycles. The highest BCUT2D eigenvalue weighted by atomic mass is 16.6. The van der Waals surface area contributed by atoms with E-state index in [9.17, 15) is 71.5 Å². The van der Waals surface area contributed by atoms with E-state index in [-0.39, 0.29) is 40.0 Å². The van der Waals surface area contributed by atoms with Gasteiger partial charge in [-0.05, 0) is 35.4 Å². The van der Waals surface area contributed by atoms with Crippen LogP contribution in [0, 0.1) is 0 Å². The van der Waals surface area contributed by atoms with Crippen molar-refractivity contribution >= 4 is 0 Å². The Hall–Kier alpha value is -5.40. The fraction of sp³-hybridized carbons (Fsp3) is 0.333. The number of phenolic OH excluding ortho intramolecular Hbond substituents is 8. The molecule has 10 atom stereocenters. The second kappa shape index (κ2) is 13.2. The molecule has 17 heteroatoms. The zero-order chi connectivity index (χ0) is 38.2. The lowest BCUT2D eigenvalue weighted by molar-refractivity contribution is -0.232. The number of phenols is 8. The van der Waals surface area contributed by atoms with Crippen LogP contribution in [0.1, 0.15) is 57.6 Å². The first-order chi connectivity index (χ1) is 25.1. The van der Waals surface area contributed by atoms with Crippen LogP contribution < -0.4 is 9.47 Å². The topological polar surface area (TPSA) is 311 Å². The molecule has 0 unspecified atom stereocenters. The highest BCUT2D eigenvalue weighted by molar-refractivity contribution is 5.68. The van der Waals surface area contributed by atoms with Crippen LogP contribution in [-0.2, 0) is 11.2 Å². The maximum Gasteiger partial charge on any atom is 0.157 e. The summed E-state index contributed by atoms with van der Waals surface area (Å²) < 4.78 is 18.2. The van der Waals surface area contributed by atoms with E-state index in [1.165, 1.54) is 12.1 Å². The SMILES string of the molecule is OC[C@H]1O[C@@H](c2c(O)cc(O)c3c2O[C@H](c2ccc(O)c(O)c2)[C@H](O)[C@@H]3c2c(O)cc(O)c3c2O[C@H](c2ccc(O)c(O)c2)[C@@H](O)C3)[C@H](O)[C@@H](O)[C@@H]1O. The van der Waals surface area contributed by atoms with Gasteiger partial charge in [-0.25, -0.2) is 0 Å². The lowest BCUT2D eigenvalue weighted by Crippen LogP contribution is -2.55. The smallest absolute Gasteiger partial charge is 0.157 e. The molecular weight excluding hydrogens is 704 g/mol. The first kappa shape index (κ1) is 36.0. The molecule has 0 radical (unpaired) electrons. The van der Waals surface area contributed by atoms with Crippen LogP contribution >= 0.6 is 0 Å². The largest absolute Gasteiger partial charge is 0.507 e. The molecular formula is C36H36O17. The van der Waals surface area contributed by atoms with Crippen molar-refractivity contribution in [1.82, 2.24) is 0 Å². The molecule has 0 saturated carbocycles. The fourth-order valence-electron chi connectivity index (χ4n) is 7.40. The highest BCUT2D eigenvalue weighted by Crippen LogP contribution is 2.60. The van der Waals surface area contributed by atoms with Gasteiger partial charge in [0, 0.05) is 35.2 Å². The van der Waals surface area contributed by atoms with E-state index >= 15 is 0 Å². The molecule has 1 saturated heterocycles. The number of aliphatic hydroxyl groups is 6. The molecule has 0 amide bonds. The summed E-state index contributed by atoms with van der Waals surface area (Å²) in [6.07, 6.45) is -15.3. The minimum Gasteiger partial charge on any atom is -0.507 e. The standard InChI is InChI=1S/C36H36O17/c37-10-23-28(47)30(49)31(50)36(51-23)26-21(45)9-20(44)25-27(29(48)33(53-35(25)26)12-2-4-15(39)18(42)6-12)24-19(43)8-16(40)13-7-22(46)32(52-34(13)24)11-1-3-14(38)17(41)5-11/h1-6,8-9,22-23,27-33,36-50H,7,10H2/t22-,23+,27+,28+,29+,30-,31+,32+,33+,36-/m0/s1. The van der Waals surface area contributed by atoms with Gasteiger partial charge in [0.1, 0.15) is 77.2 Å². The number of ether oxygens (including phenoxy) is 3.